The van der Waals surface area contributed by atoms with E-state index >= 15 is 0 Å². The third kappa shape index (κ3) is 2.20. The third-order valence-electron chi connectivity index (χ3n) is 1.99. The number of halogens is 1. The first-order valence-electron chi connectivity index (χ1n) is 4.46. The summed E-state index contributed by atoms with van der Waals surface area (Å²) in [4.78, 5) is 10.7. The van der Waals surface area contributed by atoms with Crippen LogP contribution in [0.5, 0.6) is 5.75 Å². The number of primary amides is 1. The largest absolute Gasteiger partial charge is 0.410 e. The Morgan fingerprint density at radius 1 is 1.38 bits per heavy atom. The van der Waals surface area contributed by atoms with E-state index in [2.05, 4.69) is 0 Å². The molecule has 3 nitrogen and oxygen atoms in total. The number of benzene rings is 1. The Morgan fingerprint density at radius 2 is 2.19 bits per heavy atom. The van der Waals surface area contributed by atoms with E-state index in [9.17, 15) is 9.18 Å². The zero-order chi connectivity index (χ0) is 11.5. The minimum Gasteiger partial charge on any atom is -0.410 e. The van der Waals surface area contributed by atoms with E-state index in [0.29, 0.717) is 5.56 Å². The molecule has 0 fully saturated rings. The highest BCUT2D eigenvalue weighted by Gasteiger charge is 2.10. The number of hydrogen-bond donors (Lipinski definition) is 1. The zero-order valence-corrected chi connectivity index (χ0v) is 8.96. The Bertz CT molecular complexity index is 511. The lowest BCUT2D eigenvalue weighted by molar-refractivity contribution is 0.211. The van der Waals surface area contributed by atoms with Crippen LogP contribution in [0.25, 0.3) is 11.1 Å². The van der Waals surface area contributed by atoms with Gasteiger partial charge in [0.1, 0.15) is 11.6 Å². The number of thiophene rings is 1. The highest BCUT2D eigenvalue weighted by molar-refractivity contribution is 7.08. The minimum absolute atomic E-state index is 0.130. The summed E-state index contributed by atoms with van der Waals surface area (Å²) in [6.07, 6.45) is -0.956. The van der Waals surface area contributed by atoms with Gasteiger partial charge in [0.2, 0.25) is 0 Å². The summed E-state index contributed by atoms with van der Waals surface area (Å²) in [6, 6.07) is 5.85. The number of amides is 1. The SMILES string of the molecule is NC(=O)Oc1cc(F)ccc1-c1ccsc1. The van der Waals surface area contributed by atoms with E-state index in [-0.39, 0.29) is 5.75 Å². The van der Waals surface area contributed by atoms with Gasteiger partial charge in [-0.3, -0.25) is 0 Å². The van der Waals surface area contributed by atoms with E-state index in [0.717, 1.165) is 11.6 Å². The van der Waals surface area contributed by atoms with Gasteiger partial charge in [0.15, 0.2) is 0 Å². The summed E-state index contributed by atoms with van der Waals surface area (Å²) < 4.78 is 17.8. The molecule has 0 spiro atoms. The van der Waals surface area contributed by atoms with Crippen LogP contribution in [0, 0.1) is 5.82 Å². The van der Waals surface area contributed by atoms with Crippen LogP contribution in [0.15, 0.2) is 35.0 Å². The van der Waals surface area contributed by atoms with Crippen LogP contribution >= 0.6 is 11.3 Å². The van der Waals surface area contributed by atoms with E-state index in [1.54, 1.807) is 6.07 Å². The fraction of sp³-hybridized carbons (Fsp3) is 0. The maximum absolute atomic E-state index is 13.0. The lowest BCUT2D eigenvalue weighted by atomic mass is 10.1. The minimum atomic E-state index is -0.956. The molecule has 0 unspecified atom stereocenters. The van der Waals surface area contributed by atoms with Gasteiger partial charge >= 0.3 is 6.09 Å². The molecular weight excluding hydrogens is 229 g/mol. The van der Waals surface area contributed by atoms with Crippen molar-refractivity contribution in [1.29, 1.82) is 0 Å². The molecule has 1 amide bonds. The van der Waals surface area contributed by atoms with Crippen LogP contribution in [-0.2, 0) is 0 Å². The van der Waals surface area contributed by atoms with Crippen LogP contribution in [-0.4, -0.2) is 6.09 Å². The van der Waals surface area contributed by atoms with E-state index < -0.39 is 11.9 Å². The molecule has 0 saturated heterocycles. The predicted octanol–water partition coefficient (Wildman–Crippen LogP) is 3.01. The molecule has 0 aliphatic rings. The average molecular weight is 237 g/mol. The topological polar surface area (TPSA) is 52.3 Å². The van der Waals surface area contributed by atoms with Crippen molar-refractivity contribution in [3.05, 3.63) is 40.8 Å². The smallest absolute Gasteiger partial charge is 0.409 e. The summed E-state index contributed by atoms with van der Waals surface area (Å²) in [6.45, 7) is 0. The molecule has 0 bridgehead atoms. The van der Waals surface area contributed by atoms with Crippen LogP contribution in [0.1, 0.15) is 0 Å². The van der Waals surface area contributed by atoms with Gasteiger partial charge in [-0.1, -0.05) is 0 Å². The van der Waals surface area contributed by atoms with Crippen molar-refractivity contribution in [3.8, 4) is 16.9 Å². The first kappa shape index (κ1) is 10.6. The number of rotatable bonds is 2. The van der Waals surface area contributed by atoms with Gasteiger partial charge in [-0.2, -0.15) is 11.3 Å². The maximum atomic E-state index is 13.0. The normalized spacial score (nSPS) is 10.1. The molecule has 0 atom stereocenters. The Labute approximate surface area is 95.3 Å². The van der Waals surface area contributed by atoms with Gasteiger partial charge in [-0.15, -0.1) is 0 Å². The molecule has 2 N–H and O–H groups in total. The van der Waals surface area contributed by atoms with Crippen molar-refractivity contribution >= 4 is 17.4 Å². The number of ether oxygens (including phenoxy) is 1. The summed E-state index contributed by atoms with van der Waals surface area (Å²) >= 11 is 1.50. The van der Waals surface area contributed by atoms with Crippen LogP contribution < -0.4 is 10.5 Å². The molecular formula is C11H8FNO2S. The van der Waals surface area contributed by atoms with E-state index in [1.165, 1.54) is 17.4 Å². The second-order valence-corrected chi connectivity index (χ2v) is 3.85. The predicted molar refractivity (Wildman–Crippen MR) is 59.9 cm³/mol. The molecule has 0 radical (unpaired) electrons. The first-order chi connectivity index (χ1) is 7.66. The van der Waals surface area contributed by atoms with Crippen molar-refractivity contribution < 1.29 is 13.9 Å². The Hall–Kier alpha value is -1.88. The number of carbonyl (C=O) groups excluding carboxylic acids is 1. The molecule has 2 rings (SSSR count). The highest BCUT2D eigenvalue weighted by atomic mass is 32.1. The van der Waals surface area contributed by atoms with Crippen molar-refractivity contribution in [2.45, 2.75) is 0 Å². The van der Waals surface area contributed by atoms with Gasteiger partial charge in [-0.25, -0.2) is 9.18 Å². The van der Waals surface area contributed by atoms with Crippen molar-refractivity contribution in [2.75, 3.05) is 0 Å². The molecule has 82 valence electrons. The van der Waals surface area contributed by atoms with E-state index in [4.69, 9.17) is 10.5 Å². The van der Waals surface area contributed by atoms with Crippen LogP contribution in [0.3, 0.4) is 0 Å². The second-order valence-electron chi connectivity index (χ2n) is 3.07. The van der Waals surface area contributed by atoms with Crippen molar-refractivity contribution in [1.82, 2.24) is 0 Å². The van der Waals surface area contributed by atoms with Crippen molar-refractivity contribution in [3.63, 3.8) is 0 Å². The van der Waals surface area contributed by atoms with Gasteiger partial charge in [0, 0.05) is 11.6 Å². The fourth-order valence-electron chi connectivity index (χ4n) is 1.35. The lowest BCUT2D eigenvalue weighted by Crippen LogP contribution is -2.16. The molecule has 1 heterocycles. The standard InChI is InChI=1S/C11H8FNO2S/c12-8-1-2-9(7-3-4-16-6-7)10(5-8)15-11(13)14/h1-6H,(H2,13,14). The summed E-state index contributed by atoms with van der Waals surface area (Å²) in [5.74, 6) is -0.346. The van der Waals surface area contributed by atoms with Crippen LogP contribution in [0.4, 0.5) is 9.18 Å². The molecule has 0 saturated carbocycles. The Morgan fingerprint density at radius 3 is 2.81 bits per heavy atom. The Kier molecular flexibility index (Phi) is 2.87. The zero-order valence-electron chi connectivity index (χ0n) is 8.14. The summed E-state index contributed by atoms with van der Waals surface area (Å²) in [5.41, 5.74) is 6.42. The molecule has 1 aromatic heterocycles. The van der Waals surface area contributed by atoms with Gasteiger partial charge in [0.25, 0.3) is 0 Å². The molecule has 5 heteroatoms. The molecule has 16 heavy (non-hydrogen) atoms. The van der Waals surface area contributed by atoms with E-state index in [1.807, 2.05) is 16.8 Å². The fourth-order valence-corrected chi connectivity index (χ4v) is 2.00. The summed E-state index contributed by atoms with van der Waals surface area (Å²) in [5, 5.41) is 3.76. The Balaban J connectivity index is 2.48. The maximum Gasteiger partial charge on any atom is 0.409 e. The van der Waals surface area contributed by atoms with Gasteiger partial charge in [0.05, 0.1) is 0 Å². The monoisotopic (exact) mass is 237 g/mol. The quantitative estimate of drug-likeness (QED) is 0.872. The number of carbonyl (C=O) groups is 1. The first-order valence-corrected chi connectivity index (χ1v) is 5.40. The highest BCUT2D eigenvalue weighted by Crippen LogP contribution is 2.32. The van der Waals surface area contributed by atoms with Gasteiger partial charge in [-0.05, 0) is 34.5 Å². The molecule has 0 aliphatic heterocycles. The molecule has 1 aromatic carbocycles. The third-order valence-corrected chi connectivity index (χ3v) is 2.67. The molecule has 2 aromatic rings. The lowest BCUT2D eigenvalue weighted by Gasteiger charge is -2.07. The van der Waals surface area contributed by atoms with Gasteiger partial charge < -0.3 is 10.5 Å². The summed E-state index contributed by atoms with van der Waals surface area (Å²) in [7, 11) is 0. The number of hydrogen-bond acceptors (Lipinski definition) is 3. The average Bonchev–Trinajstić information content (AvgIpc) is 2.69. The molecule has 0 aliphatic carbocycles. The van der Waals surface area contributed by atoms with Crippen molar-refractivity contribution in [2.24, 2.45) is 5.73 Å². The number of nitrogens with two attached hydrogens (primary N) is 1. The van der Waals surface area contributed by atoms with Crippen LogP contribution in [0.2, 0.25) is 0 Å². The second kappa shape index (κ2) is 4.32.